The molecule has 0 radical (unpaired) electrons. The zero-order valence-corrected chi connectivity index (χ0v) is 19.9. The molecule has 33 heavy (non-hydrogen) atoms. The van der Waals surface area contributed by atoms with Crippen molar-refractivity contribution in [2.45, 2.75) is 24.0 Å². The van der Waals surface area contributed by atoms with Crippen molar-refractivity contribution in [3.63, 3.8) is 0 Å². The average Bonchev–Trinajstić information content (AvgIpc) is 3.16. The fraction of sp³-hybridized carbons (Fsp3) is 0.292. The summed E-state index contributed by atoms with van der Waals surface area (Å²) in [5, 5.41) is 15.4. The van der Waals surface area contributed by atoms with Crippen LogP contribution < -0.4 is 14.9 Å². The number of piperidine rings is 1. The lowest BCUT2D eigenvalue weighted by Gasteiger charge is -2.53. The number of nitriles is 1. The summed E-state index contributed by atoms with van der Waals surface area (Å²) in [4.78, 5) is 21.9. The van der Waals surface area contributed by atoms with Crippen LogP contribution in [0.25, 0.3) is 5.57 Å². The van der Waals surface area contributed by atoms with E-state index in [1.807, 2.05) is 30.0 Å². The van der Waals surface area contributed by atoms with Crippen LogP contribution in [0.2, 0.25) is 0 Å². The number of hydrogen-bond donors (Lipinski definition) is 1. The van der Waals surface area contributed by atoms with Crippen molar-refractivity contribution in [3.05, 3.63) is 66.2 Å². The number of anilines is 2. The molecule has 4 rings (SSSR count). The van der Waals surface area contributed by atoms with Crippen molar-refractivity contribution in [1.29, 1.82) is 5.26 Å². The predicted octanol–water partition coefficient (Wildman–Crippen LogP) is 5.00. The first-order chi connectivity index (χ1) is 15.8. The van der Waals surface area contributed by atoms with Crippen LogP contribution in [0.4, 0.5) is 15.2 Å². The van der Waals surface area contributed by atoms with Crippen LogP contribution in [0, 0.1) is 23.7 Å². The molecule has 1 spiro atoms. The minimum absolute atomic E-state index is 0.123. The van der Waals surface area contributed by atoms with Gasteiger partial charge in [0.2, 0.25) is 5.91 Å². The van der Waals surface area contributed by atoms with Crippen LogP contribution in [0.15, 0.2) is 59.1 Å². The fourth-order valence-corrected chi connectivity index (χ4v) is 5.84. The number of nitrogens with two attached hydrogens (primary N) is 1. The Morgan fingerprint density at radius 1 is 1.36 bits per heavy atom. The number of benzene rings is 1. The zero-order valence-electron chi connectivity index (χ0n) is 18.3. The molecule has 2 N–H and O–H groups in total. The molecule has 3 heterocycles. The summed E-state index contributed by atoms with van der Waals surface area (Å²) in [6, 6.07) is 9.27. The first-order valence-electron chi connectivity index (χ1n) is 10.4. The number of aryl methyl sites for hydroxylation is 1. The molecule has 1 aromatic heterocycles. The van der Waals surface area contributed by atoms with Gasteiger partial charge in [-0.25, -0.2) is 9.37 Å². The Labute approximate surface area is 201 Å². The highest BCUT2D eigenvalue weighted by atomic mass is 32.2. The van der Waals surface area contributed by atoms with Gasteiger partial charge in [-0.1, -0.05) is 36.6 Å². The second-order valence-corrected chi connectivity index (χ2v) is 10.2. The number of hydrogen-bond acceptors (Lipinski definition) is 7. The van der Waals surface area contributed by atoms with Crippen LogP contribution in [0.1, 0.15) is 24.1 Å². The number of halogens is 1. The van der Waals surface area contributed by atoms with Crippen LogP contribution >= 0.6 is 23.3 Å². The van der Waals surface area contributed by atoms with Crippen LogP contribution in [-0.2, 0) is 4.79 Å². The van der Waals surface area contributed by atoms with Gasteiger partial charge >= 0.3 is 0 Å². The molecule has 0 unspecified atom stereocenters. The summed E-state index contributed by atoms with van der Waals surface area (Å²) >= 11 is 2.63. The van der Waals surface area contributed by atoms with E-state index in [-0.39, 0.29) is 17.1 Å². The molecule has 0 saturated carbocycles. The second-order valence-electron chi connectivity index (χ2n) is 8.33. The molecule has 2 aromatic rings. The third-order valence-electron chi connectivity index (χ3n) is 6.10. The topological polar surface area (TPSA) is 86.2 Å². The van der Waals surface area contributed by atoms with Gasteiger partial charge in [0.05, 0.1) is 21.4 Å². The quantitative estimate of drug-likeness (QED) is 0.355. The van der Waals surface area contributed by atoms with Gasteiger partial charge in [-0.2, -0.15) is 5.26 Å². The minimum atomic E-state index is -0.622. The number of nitrogens with zero attached hydrogens (tertiary/aromatic N) is 4. The van der Waals surface area contributed by atoms with E-state index in [1.54, 1.807) is 12.1 Å². The maximum absolute atomic E-state index is 13.9. The Hall–Kier alpha value is -2.93. The van der Waals surface area contributed by atoms with Gasteiger partial charge in [-0.05, 0) is 55.5 Å². The van der Waals surface area contributed by atoms with Crippen LogP contribution in [0.3, 0.4) is 0 Å². The summed E-state index contributed by atoms with van der Waals surface area (Å²) in [5.74, 6) is -0.499. The zero-order chi connectivity index (χ0) is 23.8. The van der Waals surface area contributed by atoms with E-state index in [4.69, 9.17) is 10.4 Å². The van der Waals surface area contributed by atoms with E-state index in [0.717, 1.165) is 45.5 Å². The Morgan fingerprint density at radius 3 is 2.64 bits per heavy atom. The SMILES string of the molecule is C=C(C#N)/C=C(\C(=C)F)c1ccc(N2CC3(CCCN(c4nc(C)c(SN)s4)C3=O)C2)cc1. The van der Waals surface area contributed by atoms with Crippen molar-refractivity contribution >= 4 is 45.6 Å². The largest absolute Gasteiger partial charge is 0.369 e. The number of carbonyl (C=O) groups excluding carboxylic acids is 1. The van der Waals surface area contributed by atoms with Gasteiger partial charge < -0.3 is 4.90 Å². The molecule has 0 bridgehead atoms. The minimum Gasteiger partial charge on any atom is -0.369 e. The van der Waals surface area contributed by atoms with E-state index in [9.17, 15) is 9.18 Å². The molecule has 9 heteroatoms. The Kier molecular flexibility index (Phi) is 6.43. The number of rotatable bonds is 6. The van der Waals surface area contributed by atoms with E-state index in [1.165, 1.54) is 17.4 Å². The van der Waals surface area contributed by atoms with Gasteiger partial charge in [0, 0.05) is 36.5 Å². The summed E-state index contributed by atoms with van der Waals surface area (Å²) in [6.07, 6.45) is 3.17. The molecule has 2 aliphatic heterocycles. The van der Waals surface area contributed by atoms with Crippen molar-refractivity contribution in [2.24, 2.45) is 10.6 Å². The maximum atomic E-state index is 13.9. The summed E-state index contributed by atoms with van der Waals surface area (Å²) in [7, 11) is 0. The third kappa shape index (κ3) is 4.34. The van der Waals surface area contributed by atoms with Crippen molar-refractivity contribution in [2.75, 3.05) is 29.4 Å². The molecule has 6 nitrogen and oxygen atoms in total. The third-order valence-corrected chi connectivity index (χ3v) is 8.12. The Bertz CT molecular complexity index is 1190. The Balaban J connectivity index is 1.48. The maximum Gasteiger partial charge on any atom is 0.238 e. The fourth-order valence-electron chi connectivity index (χ4n) is 4.38. The number of allylic oxidation sites excluding steroid dienone is 4. The van der Waals surface area contributed by atoms with E-state index in [2.05, 4.69) is 23.0 Å². The normalized spacial score (nSPS) is 17.6. The van der Waals surface area contributed by atoms with E-state index >= 15 is 0 Å². The van der Waals surface area contributed by atoms with Gasteiger partial charge in [-0.15, -0.1) is 0 Å². The molecule has 170 valence electrons. The molecule has 0 aliphatic carbocycles. The highest BCUT2D eigenvalue weighted by molar-refractivity contribution is 7.99. The number of aromatic nitrogens is 1. The monoisotopic (exact) mass is 481 g/mol. The lowest BCUT2D eigenvalue weighted by Crippen LogP contribution is -2.66. The van der Waals surface area contributed by atoms with Crippen molar-refractivity contribution in [1.82, 2.24) is 4.98 Å². The molecule has 2 saturated heterocycles. The van der Waals surface area contributed by atoms with Gasteiger partial charge in [0.15, 0.2) is 5.13 Å². The average molecular weight is 482 g/mol. The smallest absolute Gasteiger partial charge is 0.238 e. The van der Waals surface area contributed by atoms with E-state index in [0.29, 0.717) is 25.2 Å². The highest BCUT2D eigenvalue weighted by Crippen LogP contribution is 2.45. The van der Waals surface area contributed by atoms with Gasteiger partial charge in [0.25, 0.3) is 0 Å². The van der Waals surface area contributed by atoms with Gasteiger partial charge in [0.1, 0.15) is 5.83 Å². The molecule has 2 aliphatic rings. The van der Waals surface area contributed by atoms with Crippen LogP contribution in [0.5, 0.6) is 0 Å². The van der Waals surface area contributed by atoms with Crippen molar-refractivity contribution in [3.8, 4) is 6.07 Å². The first-order valence-corrected chi connectivity index (χ1v) is 12.1. The molecule has 1 amide bonds. The molecule has 0 atom stereocenters. The molecule has 2 fully saturated rings. The van der Waals surface area contributed by atoms with Gasteiger partial charge in [-0.3, -0.25) is 14.8 Å². The number of carbonyl (C=O) groups is 1. The lowest BCUT2D eigenvalue weighted by molar-refractivity contribution is -0.132. The summed E-state index contributed by atoms with van der Waals surface area (Å²) in [5.41, 5.74) is 2.42. The number of thiazole rings is 1. The predicted molar refractivity (Wildman–Crippen MR) is 133 cm³/mol. The lowest BCUT2D eigenvalue weighted by atomic mass is 9.72. The summed E-state index contributed by atoms with van der Waals surface area (Å²) in [6.45, 7) is 10.8. The molecular formula is C24H24FN5OS2. The summed E-state index contributed by atoms with van der Waals surface area (Å²) < 4.78 is 14.8. The van der Waals surface area contributed by atoms with Crippen LogP contribution in [-0.4, -0.2) is 30.5 Å². The molecular weight excluding hydrogens is 457 g/mol. The first kappa shape index (κ1) is 23.2. The number of amides is 1. The Morgan fingerprint density at radius 2 is 2.06 bits per heavy atom. The molecule has 1 aromatic carbocycles. The van der Waals surface area contributed by atoms with Crippen molar-refractivity contribution < 1.29 is 9.18 Å². The van der Waals surface area contributed by atoms with E-state index < -0.39 is 11.2 Å². The highest BCUT2D eigenvalue weighted by Gasteiger charge is 2.53. The second kappa shape index (κ2) is 9.14. The standard InChI is InChI=1S/C24H24FN5OS2/c1-15(12-26)11-20(16(2)25)18-5-7-19(8-6-18)29-13-24(14-29)9-4-10-30(22(24)31)23-28-17(3)21(32-23)33-27/h5-8,11H,1-2,4,9-10,13-14,27H2,3H3/b20-11+.